The van der Waals surface area contributed by atoms with E-state index in [2.05, 4.69) is 17.4 Å². The standard InChI is InChI=1S/C24H26N2O5/c1-16(18-11-10-17-6-2-3-7-19(17)14-18)25-22(27)15-30-23(28)12-13-26-20-8-4-5-9-21(20)31-24(26)29/h4-5,8-11,14,16H,2-3,6-7,12-13,15H2,1H3,(H,25,27)/t16-/m1/s1. The van der Waals surface area contributed by atoms with Crippen LogP contribution in [0.4, 0.5) is 0 Å². The average Bonchev–Trinajstić information content (AvgIpc) is 3.10. The normalized spacial score (nSPS) is 14.1. The molecule has 4 rings (SSSR count). The molecule has 0 aliphatic heterocycles. The lowest BCUT2D eigenvalue weighted by atomic mass is 9.89. The Morgan fingerprint density at radius 3 is 2.74 bits per heavy atom. The highest BCUT2D eigenvalue weighted by Gasteiger charge is 2.16. The minimum absolute atomic E-state index is 0.0307. The molecule has 0 fully saturated rings. The fourth-order valence-corrected chi connectivity index (χ4v) is 4.04. The highest BCUT2D eigenvalue weighted by atomic mass is 16.5. The Kier molecular flexibility index (Phi) is 6.21. The Labute approximate surface area is 180 Å². The number of fused-ring (bicyclic) bond motifs is 2. The van der Waals surface area contributed by atoms with Gasteiger partial charge in [-0.2, -0.15) is 0 Å². The summed E-state index contributed by atoms with van der Waals surface area (Å²) in [6.45, 7) is 1.69. The lowest BCUT2D eigenvalue weighted by Gasteiger charge is -2.20. The molecule has 1 aliphatic rings. The number of aromatic nitrogens is 1. The van der Waals surface area contributed by atoms with Crippen LogP contribution in [0.3, 0.4) is 0 Å². The van der Waals surface area contributed by atoms with Gasteiger partial charge in [-0.05, 0) is 61.4 Å². The maximum absolute atomic E-state index is 12.2. The van der Waals surface area contributed by atoms with Gasteiger partial charge in [0.05, 0.1) is 18.0 Å². The molecule has 0 unspecified atom stereocenters. The van der Waals surface area contributed by atoms with E-state index in [1.807, 2.05) is 13.0 Å². The third kappa shape index (κ3) is 4.87. The Balaban J connectivity index is 1.26. The molecule has 0 saturated carbocycles. The van der Waals surface area contributed by atoms with Gasteiger partial charge in [0, 0.05) is 6.54 Å². The van der Waals surface area contributed by atoms with Gasteiger partial charge >= 0.3 is 11.7 Å². The molecule has 1 aliphatic carbocycles. The van der Waals surface area contributed by atoms with Crippen molar-refractivity contribution in [2.45, 2.75) is 51.6 Å². The summed E-state index contributed by atoms with van der Waals surface area (Å²) >= 11 is 0. The highest BCUT2D eigenvalue weighted by Crippen LogP contribution is 2.24. The number of amides is 1. The quantitative estimate of drug-likeness (QED) is 0.590. The molecule has 0 radical (unpaired) electrons. The summed E-state index contributed by atoms with van der Waals surface area (Å²) in [5.74, 6) is -1.43. The van der Waals surface area contributed by atoms with Crippen LogP contribution in [0.15, 0.2) is 51.7 Å². The van der Waals surface area contributed by atoms with E-state index in [0.717, 1.165) is 18.4 Å². The summed E-state index contributed by atoms with van der Waals surface area (Å²) < 4.78 is 11.6. The van der Waals surface area contributed by atoms with Crippen LogP contribution >= 0.6 is 0 Å². The van der Waals surface area contributed by atoms with E-state index in [1.165, 1.54) is 28.5 Å². The molecular formula is C24H26N2O5. The molecule has 7 heteroatoms. The van der Waals surface area contributed by atoms with Crippen molar-refractivity contribution < 1.29 is 18.7 Å². The second-order valence-electron chi connectivity index (χ2n) is 7.92. The van der Waals surface area contributed by atoms with Crippen LogP contribution in [-0.2, 0) is 33.7 Å². The molecule has 7 nitrogen and oxygen atoms in total. The first-order valence-corrected chi connectivity index (χ1v) is 10.7. The summed E-state index contributed by atoms with van der Waals surface area (Å²) in [6.07, 6.45) is 4.60. The smallest absolute Gasteiger partial charge is 0.419 e. The molecule has 0 bridgehead atoms. The van der Waals surface area contributed by atoms with Crippen LogP contribution in [-0.4, -0.2) is 23.1 Å². The largest absolute Gasteiger partial charge is 0.456 e. The van der Waals surface area contributed by atoms with Crippen LogP contribution in [0, 0.1) is 0 Å². The van der Waals surface area contributed by atoms with Gasteiger partial charge in [0.2, 0.25) is 0 Å². The van der Waals surface area contributed by atoms with Crippen molar-refractivity contribution in [2.24, 2.45) is 0 Å². The minimum Gasteiger partial charge on any atom is -0.456 e. The van der Waals surface area contributed by atoms with Crippen molar-refractivity contribution in [3.63, 3.8) is 0 Å². The number of carbonyl (C=O) groups excluding carboxylic acids is 2. The predicted octanol–water partition coefficient (Wildman–Crippen LogP) is 3.28. The van der Waals surface area contributed by atoms with Crippen LogP contribution in [0.25, 0.3) is 11.1 Å². The third-order valence-electron chi connectivity index (χ3n) is 5.73. The van der Waals surface area contributed by atoms with Gasteiger partial charge in [-0.1, -0.05) is 30.3 Å². The molecule has 162 valence electrons. The first kappa shape index (κ1) is 20.9. The zero-order valence-electron chi connectivity index (χ0n) is 17.6. The van der Waals surface area contributed by atoms with Crippen molar-refractivity contribution in [1.82, 2.24) is 9.88 Å². The Bertz CT molecular complexity index is 1160. The van der Waals surface area contributed by atoms with Crippen molar-refractivity contribution in [2.75, 3.05) is 6.61 Å². The maximum Gasteiger partial charge on any atom is 0.419 e. The van der Waals surface area contributed by atoms with Gasteiger partial charge in [0.25, 0.3) is 5.91 Å². The Morgan fingerprint density at radius 2 is 1.90 bits per heavy atom. The number of para-hydroxylation sites is 2. The zero-order valence-corrected chi connectivity index (χ0v) is 17.6. The Morgan fingerprint density at radius 1 is 1.13 bits per heavy atom. The molecule has 1 atom stereocenters. The SMILES string of the molecule is C[C@@H](NC(=O)COC(=O)CCn1c(=O)oc2ccccc21)c1ccc2c(c1)CCCC2. The fourth-order valence-electron chi connectivity index (χ4n) is 4.04. The van der Waals surface area contributed by atoms with E-state index < -0.39 is 11.7 Å². The van der Waals surface area contributed by atoms with Gasteiger partial charge < -0.3 is 14.5 Å². The van der Waals surface area contributed by atoms with Crippen molar-refractivity contribution >= 4 is 23.0 Å². The number of rotatable bonds is 7. The van der Waals surface area contributed by atoms with Crippen LogP contribution in [0.2, 0.25) is 0 Å². The lowest BCUT2D eigenvalue weighted by molar-refractivity contribution is -0.148. The van der Waals surface area contributed by atoms with Crippen LogP contribution in [0.5, 0.6) is 0 Å². The van der Waals surface area contributed by atoms with E-state index >= 15 is 0 Å². The van der Waals surface area contributed by atoms with Gasteiger partial charge in [-0.15, -0.1) is 0 Å². The molecule has 1 N–H and O–H groups in total. The number of hydrogen-bond acceptors (Lipinski definition) is 5. The van der Waals surface area contributed by atoms with Crippen LogP contribution < -0.4 is 11.1 Å². The highest BCUT2D eigenvalue weighted by molar-refractivity contribution is 5.81. The van der Waals surface area contributed by atoms with Crippen LogP contribution in [0.1, 0.15) is 48.9 Å². The molecule has 0 saturated heterocycles. The van der Waals surface area contributed by atoms with Crippen molar-refractivity contribution in [3.05, 3.63) is 69.7 Å². The summed E-state index contributed by atoms with van der Waals surface area (Å²) in [5, 5.41) is 2.87. The van der Waals surface area contributed by atoms with E-state index in [4.69, 9.17) is 9.15 Å². The van der Waals surface area contributed by atoms with Crippen molar-refractivity contribution in [1.29, 1.82) is 0 Å². The van der Waals surface area contributed by atoms with E-state index in [1.54, 1.807) is 24.3 Å². The number of nitrogens with zero attached hydrogens (tertiary/aromatic N) is 1. The number of benzene rings is 2. The van der Waals surface area contributed by atoms with Gasteiger partial charge in [0.15, 0.2) is 12.2 Å². The van der Waals surface area contributed by atoms with Gasteiger partial charge in [-0.25, -0.2) is 4.79 Å². The first-order chi connectivity index (χ1) is 15.0. The molecule has 1 aromatic heterocycles. The average molecular weight is 422 g/mol. The summed E-state index contributed by atoms with van der Waals surface area (Å²) in [7, 11) is 0. The van der Waals surface area contributed by atoms with E-state index in [9.17, 15) is 14.4 Å². The molecule has 2 aromatic carbocycles. The monoisotopic (exact) mass is 422 g/mol. The molecule has 1 heterocycles. The van der Waals surface area contributed by atoms with Crippen molar-refractivity contribution in [3.8, 4) is 0 Å². The van der Waals surface area contributed by atoms with Gasteiger partial charge in [-0.3, -0.25) is 14.2 Å². The number of ether oxygens (including phenoxy) is 1. The molecule has 31 heavy (non-hydrogen) atoms. The number of esters is 1. The molecule has 1 amide bonds. The number of nitrogens with one attached hydrogen (secondary N) is 1. The second kappa shape index (κ2) is 9.20. The maximum atomic E-state index is 12.2. The fraction of sp³-hybridized carbons (Fsp3) is 0.375. The summed E-state index contributed by atoms with van der Waals surface area (Å²) in [5.41, 5.74) is 4.89. The summed E-state index contributed by atoms with van der Waals surface area (Å²) in [4.78, 5) is 36.2. The minimum atomic E-state index is -0.547. The van der Waals surface area contributed by atoms with Gasteiger partial charge in [0.1, 0.15) is 0 Å². The third-order valence-corrected chi connectivity index (χ3v) is 5.73. The predicted molar refractivity (Wildman–Crippen MR) is 116 cm³/mol. The topological polar surface area (TPSA) is 90.5 Å². The zero-order chi connectivity index (χ0) is 21.8. The number of carbonyl (C=O) groups is 2. The number of hydrogen-bond donors (Lipinski definition) is 1. The molecule has 3 aromatic rings. The molecular weight excluding hydrogens is 396 g/mol. The number of oxazole rings is 1. The number of aryl methyl sites for hydroxylation is 3. The molecule has 0 spiro atoms. The second-order valence-corrected chi connectivity index (χ2v) is 7.92. The first-order valence-electron chi connectivity index (χ1n) is 10.7. The summed E-state index contributed by atoms with van der Waals surface area (Å²) in [6, 6.07) is 13.2. The van der Waals surface area contributed by atoms with E-state index in [0.29, 0.717) is 11.1 Å². The lowest BCUT2D eigenvalue weighted by Crippen LogP contribution is -2.31. The van der Waals surface area contributed by atoms with E-state index in [-0.39, 0.29) is 31.5 Å². The Hall–Kier alpha value is -3.35.